The molecule has 0 aliphatic rings. The van der Waals surface area contributed by atoms with E-state index in [0.717, 1.165) is 4.96 Å². The highest BCUT2D eigenvalue weighted by Crippen LogP contribution is 2.37. The van der Waals surface area contributed by atoms with Gasteiger partial charge >= 0.3 is 22.5 Å². The molecule has 0 fully saturated rings. The summed E-state index contributed by atoms with van der Waals surface area (Å²) in [4.78, 5) is 3.83. The van der Waals surface area contributed by atoms with E-state index >= 15 is 0 Å². The van der Waals surface area contributed by atoms with Gasteiger partial charge in [0.1, 0.15) is 10.6 Å². The van der Waals surface area contributed by atoms with Crippen molar-refractivity contribution < 1.29 is 38.9 Å². The predicted octanol–water partition coefficient (Wildman–Crippen LogP) is 5.87. The molecule has 13 heteroatoms. The van der Waals surface area contributed by atoms with E-state index in [-0.39, 0.29) is 23.9 Å². The van der Waals surface area contributed by atoms with Crippen molar-refractivity contribution in [3.8, 4) is 17.0 Å². The zero-order valence-electron chi connectivity index (χ0n) is 15.5. The quantitative estimate of drug-likeness (QED) is 0.264. The van der Waals surface area contributed by atoms with Crippen LogP contribution in [0.1, 0.15) is 11.1 Å². The Morgan fingerprint density at radius 3 is 2.03 bits per heavy atom. The number of fused-ring (bicyclic) bond motifs is 1. The number of nitrogens with zero attached hydrogens (tertiary/aromatic N) is 2. The smallest absolute Gasteiger partial charge is 0.379 e. The standard InChI is InChI=1S/C19H10F6N2O3S2/c20-18(21,22)12-7-13(19(23,24)25)9-15(8-12)32(28,29)30-14-3-1-11(2-4-14)16-10-27-5-6-31-17(27)26-16/h1-10H. The van der Waals surface area contributed by atoms with E-state index in [1.807, 2.05) is 5.38 Å². The molecule has 0 unspecified atom stereocenters. The summed E-state index contributed by atoms with van der Waals surface area (Å²) in [5, 5.41) is 1.84. The molecule has 0 aliphatic carbocycles. The van der Waals surface area contributed by atoms with E-state index < -0.39 is 38.5 Å². The molecule has 32 heavy (non-hydrogen) atoms. The SMILES string of the molecule is O=S(=O)(Oc1ccc(-c2cn3ccsc3n2)cc1)c1cc(C(F)(F)F)cc(C(F)(F)F)c1. The number of thiazole rings is 1. The topological polar surface area (TPSA) is 60.7 Å². The monoisotopic (exact) mass is 492 g/mol. The average Bonchev–Trinajstić information content (AvgIpc) is 3.29. The van der Waals surface area contributed by atoms with Crippen LogP contribution in [0.4, 0.5) is 26.3 Å². The molecule has 2 aromatic carbocycles. The highest BCUT2D eigenvalue weighted by molar-refractivity contribution is 7.87. The predicted molar refractivity (Wildman–Crippen MR) is 103 cm³/mol. The average molecular weight is 492 g/mol. The summed E-state index contributed by atoms with van der Waals surface area (Å²) >= 11 is 1.40. The van der Waals surface area contributed by atoms with Crippen molar-refractivity contribution in [3.05, 3.63) is 71.4 Å². The second kappa shape index (κ2) is 7.52. The summed E-state index contributed by atoms with van der Waals surface area (Å²) in [6.45, 7) is 0. The van der Waals surface area contributed by atoms with Crippen molar-refractivity contribution in [1.82, 2.24) is 9.38 Å². The second-order valence-electron chi connectivity index (χ2n) is 6.52. The summed E-state index contributed by atoms with van der Waals surface area (Å²) in [5.74, 6) is -0.291. The summed E-state index contributed by atoms with van der Waals surface area (Å²) in [7, 11) is -4.99. The number of rotatable bonds is 4. The Hall–Kier alpha value is -3.06. The van der Waals surface area contributed by atoms with Crippen molar-refractivity contribution in [2.45, 2.75) is 17.2 Å². The number of aromatic nitrogens is 2. The van der Waals surface area contributed by atoms with Crippen molar-refractivity contribution in [3.63, 3.8) is 0 Å². The van der Waals surface area contributed by atoms with Gasteiger partial charge in [-0.1, -0.05) is 0 Å². The molecule has 0 aliphatic heterocycles. The highest BCUT2D eigenvalue weighted by atomic mass is 32.2. The normalized spacial score (nSPS) is 12.9. The third-order valence-corrected chi connectivity index (χ3v) is 6.29. The number of hydrogen-bond acceptors (Lipinski definition) is 5. The van der Waals surface area contributed by atoms with Gasteiger partial charge in [0.15, 0.2) is 4.96 Å². The third-order valence-electron chi connectivity index (χ3n) is 4.30. The molecular formula is C19H10F6N2O3S2. The maximum atomic E-state index is 13.0. The van der Waals surface area contributed by atoms with Crippen LogP contribution in [-0.4, -0.2) is 17.8 Å². The molecule has 2 aromatic heterocycles. The first-order valence-electron chi connectivity index (χ1n) is 8.59. The fraction of sp³-hybridized carbons (Fsp3) is 0.105. The van der Waals surface area contributed by atoms with Gasteiger partial charge in [-0.15, -0.1) is 11.3 Å². The van der Waals surface area contributed by atoms with Crippen LogP contribution in [0.3, 0.4) is 0 Å². The summed E-state index contributed by atoms with van der Waals surface area (Å²) < 4.78 is 109. The van der Waals surface area contributed by atoms with Gasteiger partial charge in [0.2, 0.25) is 0 Å². The van der Waals surface area contributed by atoms with Gasteiger partial charge in [-0.25, -0.2) is 4.98 Å². The van der Waals surface area contributed by atoms with Crippen LogP contribution in [-0.2, 0) is 22.5 Å². The first-order valence-corrected chi connectivity index (χ1v) is 10.9. The first-order chi connectivity index (χ1) is 14.8. The van der Waals surface area contributed by atoms with Crippen LogP contribution in [0, 0.1) is 0 Å². The van der Waals surface area contributed by atoms with Crippen molar-refractivity contribution in [2.24, 2.45) is 0 Å². The van der Waals surface area contributed by atoms with Crippen molar-refractivity contribution >= 4 is 26.4 Å². The zero-order chi connectivity index (χ0) is 23.3. The minimum absolute atomic E-state index is 0.0940. The maximum Gasteiger partial charge on any atom is 0.416 e. The van der Waals surface area contributed by atoms with Crippen LogP contribution in [0.5, 0.6) is 5.75 Å². The molecule has 5 nitrogen and oxygen atoms in total. The van der Waals surface area contributed by atoms with Crippen LogP contribution in [0.25, 0.3) is 16.2 Å². The minimum atomic E-state index is -5.19. The molecule has 0 saturated carbocycles. The van der Waals surface area contributed by atoms with Gasteiger partial charge in [0.25, 0.3) is 0 Å². The number of alkyl halides is 6. The van der Waals surface area contributed by atoms with Gasteiger partial charge in [0.05, 0.1) is 16.8 Å². The van der Waals surface area contributed by atoms with E-state index in [1.165, 1.54) is 35.6 Å². The highest BCUT2D eigenvalue weighted by Gasteiger charge is 2.38. The Balaban J connectivity index is 1.64. The Morgan fingerprint density at radius 1 is 0.906 bits per heavy atom. The first kappa shape index (κ1) is 22.1. The Kier molecular flexibility index (Phi) is 5.20. The van der Waals surface area contributed by atoms with E-state index in [4.69, 9.17) is 4.18 Å². The third kappa shape index (κ3) is 4.43. The Bertz CT molecular complexity index is 1330. The van der Waals surface area contributed by atoms with Crippen LogP contribution in [0.2, 0.25) is 0 Å². The summed E-state index contributed by atoms with van der Waals surface area (Å²) in [5.41, 5.74) is -2.34. The van der Waals surface area contributed by atoms with E-state index in [9.17, 15) is 34.8 Å². The van der Waals surface area contributed by atoms with Crippen molar-refractivity contribution in [2.75, 3.05) is 0 Å². The lowest BCUT2D eigenvalue weighted by atomic mass is 10.1. The number of benzene rings is 2. The molecule has 0 atom stereocenters. The minimum Gasteiger partial charge on any atom is -0.379 e. The lowest BCUT2D eigenvalue weighted by Crippen LogP contribution is -2.16. The lowest BCUT2D eigenvalue weighted by Gasteiger charge is -2.14. The Labute approximate surface area is 180 Å². The van der Waals surface area contributed by atoms with Gasteiger partial charge in [-0.2, -0.15) is 34.8 Å². The number of imidazole rings is 1. The van der Waals surface area contributed by atoms with E-state index in [1.54, 1.807) is 16.8 Å². The molecule has 168 valence electrons. The zero-order valence-corrected chi connectivity index (χ0v) is 17.1. The number of hydrogen-bond donors (Lipinski definition) is 0. The number of halogens is 6. The van der Waals surface area contributed by atoms with Gasteiger partial charge < -0.3 is 4.18 Å². The molecule has 0 saturated heterocycles. The van der Waals surface area contributed by atoms with Gasteiger partial charge in [-0.05, 0) is 42.5 Å². The summed E-state index contributed by atoms with van der Waals surface area (Å²) in [6.07, 6.45) is -6.85. The largest absolute Gasteiger partial charge is 0.416 e. The molecule has 4 rings (SSSR count). The lowest BCUT2D eigenvalue weighted by molar-refractivity contribution is -0.143. The molecule has 0 bridgehead atoms. The van der Waals surface area contributed by atoms with E-state index in [0.29, 0.717) is 11.3 Å². The van der Waals surface area contributed by atoms with Crippen molar-refractivity contribution in [1.29, 1.82) is 0 Å². The second-order valence-corrected chi connectivity index (χ2v) is 8.94. The summed E-state index contributed by atoms with van der Waals surface area (Å²) in [6, 6.07) is 5.39. The van der Waals surface area contributed by atoms with Gasteiger partial charge in [0, 0.05) is 23.3 Å². The molecule has 2 heterocycles. The van der Waals surface area contributed by atoms with E-state index in [2.05, 4.69) is 4.98 Å². The molecule has 4 aromatic rings. The Morgan fingerprint density at radius 2 is 1.50 bits per heavy atom. The maximum absolute atomic E-state index is 13.0. The van der Waals surface area contributed by atoms with Crippen LogP contribution >= 0.6 is 11.3 Å². The van der Waals surface area contributed by atoms with Gasteiger partial charge in [-0.3, -0.25) is 4.40 Å². The molecule has 0 N–H and O–H groups in total. The fourth-order valence-electron chi connectivity index (χ4n) is 2.79. The molecule has 0 amide bonds. The molecule has 0 spiro atoms. The molecule has 0 radical (unpaired) electrons. The van der Waals surface area contributed by atoms with Crippen LogP contribution in [0.15, 0.2) is 65.1 Å². The van der Waals surface area contributed by atoms with Crippen LogP contribution < -0.4 is 4.18 Å². The fourth-order valence-corrected chi connectivity index (χ4v) is 4.50. The molecular weight excluding hydrogens is 482 g/mol.